The summed E-state index contributed by atoms with van der Waals surface area (Å²) in [6.07, 6.45) is 0.604. The minimum absolute atomic E-state index is 0.276. The van der Waals surface area contributed by atoms with E-state index in [9.17, 15) is 8.42 Å². The Hall–Kier alpha value is -3.04. The van der Waals surface area contributed by atoms with E-state index in [1.165, 1.54) is 23.1 Å². The van der Waals surface area contributed by atoms with E-state index >= 15 is 0 Å². The van der Waals surface area contributed by atoms with E-state index in [0.29, 0.717) is 34.8 Å². The fourth-order valence-electron chi connectivity index (χ4n) is 4.96. The van der Waals surface area contributed by atoms with Crippen LogP contribution in [0.1, 0.15) is 32.1 Å². The lowest BCUT2D eigenvalue weighted by Gasteiger charge is -2.36. The highest BCUT2D eigenvalue weighted by atomic mass is 32.2. The molecule has 0 bridgehead atoms. The van der Waals surface area contributed by atoms with Crippen LogP contribution in [0.2, 0.25) is 0 Å². The number of ether oxygens (including phenoxy) is 1. The molecule has 11 nitrogen and oxygen atoms in total. The van der Waals surface area contributed by atoms with Gasteiger partial charge in [0.1, 0.15) is 10.6 Å². The lowest BCUT2D eigenvalue weighted by atomic mass is 10.2. The number of rotatable bonds is 11. The number of benzene rings is 1. The van der Waals surface area contributed by atoms with Gasteiger partial charge in [-0.2, -0.15) is 10.1 Å². The molecule has 0 unspecified atom stereocenters. The Labute approximate surface area is 268 Å². The molecule has 1 aromatic carbocycles. The molecular formula is C30H40N8O3S3. The van der Waals surface area contributed by atoms with Crippen LogP contribution in [0.15, 0.2) is 66.8 Å². The number of sulfone groups is 1. The quantitative estimate of drug-likeness (QED) is 0.296. The van der Waals surface area contributed by atoms with Crippen molar-refractivity contribution < 1.29 is 13.2 Å². The van der Waals surface area contributed by atoms with Crippen LogP contribution in [0.3, 0.4) is 0 Å². The van der Waals surface area contributed by atoms with Gasteiger partial charge in [-0.1, -0.05) is 6.07 Å². The Morgan fingerprint density at radius 2 is 1.84 bits per heavy atom. The second-order valence-corrected chi connectivity index (χ2v) is 16.1. The average Bonchev–Trinajstić information content (AvgIpc) is 3.69. The van der Waals surface area contributed by atoms with E-state index in [2.05, 4.69) is 39.3 Å². The number of hydrazone groups is 1. The minimum atomic E-state index is -3.62. The van der Waals surface area contributed by atoms with Gasteiger partial charge >= 0.3 is 0 Å². The molecule has 1 N–H and O–H groups in total. The number of piperazine rings is 1. The van der Waals surface area contributed by atoms with Crippen LogP contribution in [0.25, 0.3) is 0 Å². The maximum atomic E-state index is 13.6. The van der Waals surface area contributed by atoms with E-state index in [1.807, 2.05) is 24.4 Å². The normalized spacial score (nSPS) is 17.3. The molecular weight excluding hydrogens is 617 g/mol. The maximum Gasteiger partial charge on any atom is 0.206 e. The molecule has 2 aliphatic rings. The van der Waals surface area contributed by atoms with Gasteiger partial charge in [-0.05, 0) is 82.3 Å². The molecule has 0 atom stereocenters. The highest BCUT2D eigenvalue weighted by Gasteiger charge is 2.38. The lowest BCUT2D eigenvalue weighted by Crippen LogP contribution is -2.48. The Morgan fingerprint density at radius 3 is 2.43 bits per heavy atom. The summed E-state index contributed by atoms with van der Waals surface area (Å²) in [7, 11) is 2.19. The summed E-state index contributed by atoms with van der Waals surface area (Å²) in [5.41, 5.74) is 3.92. The lowest BCUT2D eigenvalue weighted by molar-refractivity contribution is 0.228. The summed E-state index contributed by atoms with van der Waals surface area (Å²) in [5.74, 6) is 2.34. The van der Waals surface area contributed by atoms with Gasteiger partial charge in [0.05, 0.1) is 12.0 Å². The van der Waals surface area contributed by atoms with E-state index in [1.54, 1.807) is 45.2 Å². The standard InChI is InChI=1S/C30H40N8O3S3/c1-21-20-25(35-34-21)31-27-26(41-6)28(38-17-15-37(16-18-38)14-13-36(4)5)33-29(32-27)43-22-9-11-23(12-10-22)44(39,40)30(2,3)24-8-7-19-42-24/h7-12,19H,13-18,20H2,1-6H3,(H,31,32,33,35). The summed E-state index contributed by atoms with van der Waals surface area (Å²) >= 11 is 2.81. The van der Waals surface area contributed by atoms with Gasteiger partial charge in [0, 0.05) is 61.2 Å². The summed E-state index contributed by atoms with van der Waals surface area (Å²) in [6, 6.07) is 10.7. The van der Waals surface area contributed by atoms with Crippen molar-refractivity contribution in [1.82, 2.24) is 25.2 Å². The molecule has 2 aliphatic heterocycles. The number of hydrogen-bond acceptors (Lipinski definition) is 12. The van der Waals surface area contributed by atoms with Gasteiger partial charge in [0.2, 0.25) is 11.6 Å². The van der Waals surface area contributed by atoms with Crippen molar-refractivity contribution in [3.8, 4) is 5.75 Å². The molecule has 4 heterocycles. The number of amidine groups is 1. The van der Waals surface area contributed by atoms with Crippen LogP contribution >= 0.6 is 23.1 Å². The first-order valence-corrected chi connectivity index (χ1v) is 17.7. The van der Waals surface area contributed by atoms with Gasteiger partial charge in [0.25, 0.3) is 0 Å². The molecule has 2 aromatic heterocycles. The van der Waals surface area contributed by atoms with Crippen LogP contribution in [-0.4, -0.2) is 100 Å². The highest BCUT2D eigenvalue weighted by Crippen LogP contribution is 2.40. The van der Waals surface area contributed by atoms with Crippen LogP contribution in [-0.2, 0) is 14.6 Å². The van der Waals surface area contributed by atoms with E-state index in [-0.39, 0.29) is 4.90 Å². The number of likely N-dealkylation sites (N-methyl/N-ethyl adjacent to an activating group) is 1. The minimum Gasteiger partial charge on any atom is -0.490 e. The molecule has 3 aromatic rings. The molecule has 0 saturated carbocycles. The van der Waals surface area contributed by atoms with Crippen LogP contribution in [0.4, 0.5) is 11.6 Å². The first-order chi connectivity index (χ1) is 21.0. The van der Waals surface area contributed by atoms with Gasteiger partial charge < -0.3 is 14.5 Å². The number of hydrogen-bond donors (Lipinski definition) is 1. The zero-order chi connectivity index (χ0) is 31.5. The van der Waals surface area contributed by atoms with Gasteiger partial charge in [-0.3, -0.25) is 10.3 Å². The van der Waals surface area contributed by atoms with Crippen molar-refractivity contribution in [3.63, 3.8) is 0 Å². The van der Waals surface area contributed by atoms with Crippen molar-refractivity contribution in [2.24, 2.45) is 10.1 Å². The smallest absolute Gasteiger partial charge is 0.206 e. The van der Waals surface area contributed by atoms with Crippen LogP contribution in [0.5, 0.6) is 5.75 Å². The fraction of sp³-hybridized carbons (Fsp3) is 0.467. The summed E-state index contributed by atoms with van der Waals surface area (Å²) in [6.45, 7) is 10.9. The second kappa shape index (κ2) is 13.5. The largest absolute Gasteiger partial charge is 0.490 e. The van der Waals surface area contributed by atoms with E-state index in [4.69, 9.17) is 19.7 Å². The summed E-state index contributed by atoms with van der Waals surface area (Å²) < 4.78 is 31.9. The summed E-state index contributed by atoms with van der Waals surface area (Å²) in [4.78, 5) is 23.3. The number of methoxy groups -OCH3 is 1. The van der Waals surface area contributed by atoms with Crippen molar-refractivity contribution in [3.05, 3.63) is 46.7 Å². The molecule has 5 rings (SSSR count). The predicted octanol–water partition coefficient (Wildman–Crippen LogP) is 4.49. The average molecular weight is 657 g/mol. The molecule has 1 fully saturated rings. The third-order valence-electron chi connectivity index (χ3n) is 7.72. The Balaban J connectivity index is 1.42. The Kier molecular flexibility index (Phi) is 9.95. The van der Waals surface area contributed by atoms with Crippen molar-refractivity contribution in [2.75, 3.05) is 65.4 Å². The third-order valence-corrected chi connectivity index (χ3v) is 12.4. The second-order valence-electron chi connectivity index (χ2n) is 11.6. The van der Waals surface area contributed by atoms with Gasteiger partial charge in [0.15, 0.2) is 20.8 Å². The number of nitrogens with one attached hydrogen (secondary N) is 1. The van der Waals surface area contributed by atoms with Crippen molar-refractivity contribution in [2.45, 2.75) is 46.9 Å². The molecule has 0 aliphatic carbocycles. The zero-order valence-electron chi connectivity index (χ0n) is 26.1. The molecule has 0 spiro atoms. The van der Waals surface area contributed by atoms with E-state index < -0.39 is 14.6 Å². The topological polar surface area (TPSA) is 116 Å². The molecule has 44 heavy (non-hydrogen) atoms. The Bertz CT molecular complexity index is 1610. The molecule has 236 valence electrons. The monoisotopic (exact) mass is 656 g/mol. The molecule has 0 radical (unpaired) electrons. The van der Waals surface area contributed by atoms with E-state index in [0.717, 1.165) is 54.8 Å². The zero-order valence-corrected chi connectivity index (χ0v) is 28.5. The Morgan fingerprint density at radius 1 is 1.11 bits per heavy atom. The maximum absolute atomic E-state index is 13.6. The third kappa shape index (κ3) is 7.09. The van der Waals surface area contributed by atoms with Crippen molar-refractivity contribution >= 4 is 56.1 Å². The highest BCUT2D eigenvalue weighted by molar-refractivity contribution is 7.99. The number of anilines is 1. The first kappa shape index (κ1) is 32.4. The van der Waals surface area contributed by atoms with Crippen LogP contribution < -0.4 is 15.1 Å². The number of aromatic nitrogens is 2. The molecule has 14 heteroatoms. The van der Waals surface area contributed by atoms with Crippen molar-refractivity contribution in [1.29, 1.82) is 0 Å². The molecule has 1 saturated heterocycles. The number of aliphatic imine (C=N–C) groups is 1. The SMILES string of the molecule is COc1c(N=C2CC(C)=NN2)nc(Sc2ccc(S(=O)(=O)C(C)(C)c3cccs3)cc2)nc1N1CCN(CCN(C)C)CC1. The van der Waals surface area contributed by atoms with Gasteiger partial charge in [-0.15, -0.1) is 11.3 Å². The first-order valence-electron chi connectivity index (χ1n) is 14.5. The number of thiophene rings is 1. The number of nitrogens with zero attached hydrogens (tertiary/aromatic N) is 7. The predicted molar refractivity (Wildman–Crippen MR) is 179 cm³/mol. The fourth-order valence-corrected chi connectivity index (χ4v) is 8.35. The molecule has 0 amide bonds. The van der Waals surface area contributed by atoms with Gasteiger partial charge in [-0.25, -0.2) is 18.4 Å². The van der Waals surface area contributed by atoms with Crippen LogP contribution in [0, 0.1) is 0 Å². The summed E-state index contributed by atoms with van der Waals surface area (Å²) in [5, 5.41) is 6.65.